The Morgan fingerprint density at radius 2 is 1.80 bits per heavy atom. The highest BCUT2D eigenvalue weighted by Gasteiger charge is 2.47. The molecule has 1 aliphatic carbocycles. The fraction of sp³-hybridized carbons (Fsp3) is 0.280. The van der Waals surface area contributed by atoms with Gasteiger partial charge in [0, 0.05) is 11.3 Å². The number of aromatic nitrogens is 1. The number of fused-ring (bicyclic) bond motifs is 3. The summed E-state index contributed by atoms with van der Waals surface area (Å²) >= 11 is 1.07. The summed E-state index contributed by atoms with van der Waals surface area (Å²) in [6.45, 7) is 1.80. The Morgan fingerprint density at radius 1 is 1.14 bits per heavy atom. The highest BCUT2D eigenvalue weighted by molar-refractivity contribution is 7.14. The number of carbonyl (C=O) groups is 3. The molecule has 1 aliphatic heterocycles. The number of rotatable bonds is 6. The van der Waals surface area contributed by atoms with E-state index in [4.69, 9.17) is 9.47 Å². The summed E-state index contributed by atoms with van der Waals surface area (Å²) in [6.07, 6.45) is -0.671. The first-order valence-corrected chi connectivity index (χ1v) is 11.9. The highest BCUT2D eigenvalue weighted by Crippen LogP contribution is 2.44. The van der Waals surface area contributed by atoms with Crippen molar-refractivity contribution in [2.45, 2.75) is 18.9 Å². The molecule has 5 rings (SSSR count). The van der Waals surface area contributed by atoms with Crippen molar-refractivity contribution in [1.29, 1.82) is 0 Å². The Balaban J connectivity index is 1.20. The standard InChI is InChI=1S/C25H23N3O6S/c1-25(22(30)31)13-33-11-20(25)27-21(29)19-12-35-23(26-19)28-24(32)34-10-18-16-8-4-2-6-14(16)15-7-3-5-9-17(15)18/h2-9,12,18,20H,10-11,13H2,1H3,(H,27,29)(H,30,31)(H,26,28,32). The van der Waals surface area contributed by atoms with Crippen molar-refractivity contribution in [3.63, 3.8) is 0 Å². The first-order valence-electron chi connectivity index (χ1n) is 11.1. The highest BCUT2D eigenvalue weighted by atomic mass is 32.1. The molecule has 0 spiro atoms. The van der Waals surface area contributed by atoms with Gasteiger partial charge in [-0.2, -0.15) is 0 Å². The van der Waals surface area contributed by atoms with E-state index in [0.29, 0.717) is 0 Å². The molecule has 2 amide bonds. The summed E-state index contributed by atoms with van der Waals surface area (Å²) in [4.78, 5) is 40.8. The molecule has 3 N–H and O–H groups in total. The Labute approximate surface area is 205 Å². The van der Waals surface area contributed by atoms with Crippen molar-refractivity contribution >= 4 is 34.4 Å². The van der Waals surface area contributed by atoms with E-state index in [2.05, 4.69) is 27.8 Å². The molecule has 2 atom stereocenters. The van der Waals surface area contributed by atoms with E-state index < -0.39 is 29.4 Å². The van der Waals surface area contributed by atoms with Crippen LogP contribution in [0.4, 0.5) is 9.93 Å². The molecule has 2 unspecified atom stereocenters. The second-order valence-electron chi connectivity index (χ2n) is 8.75. The zero-order valence-electron chi connectivity index (χ0n) is 18.8. The van der Waals surface area contributed by atoms with Crippen molar-refractivity contribution < 1.29 is 29.0 Å². The molecule has 3 aromatic rings. The number of ether oxygens (including phenoxy) is 2. The number of thiazole rings is 1. The summed E-state index contributed by atoms with van der Waals surface area (Å²) in [7, 11) is 0. The van der Waals surface area contributed by atoms with Crippen LogP contribution in [0.1, 0.15) is 34.5 Å². The smallest absolute Gasteiger partial charge is 0.413 e. The minimum Gasteiger partial charge on any atom is -0.481 e. The lowest BCUT2D eigenvalue weighted by atomic mass is 9.85. The predicted octanol–water partition coefficient (Wildman–Crippen LogP) is 3.72. The molecule has 0 bridgehead atoms. The third kappa shape index (κ3) is 4.26. The number of amides is 2. The third-order valence-electron chi connectivity index (χ3n) is 6.54. The fourth-order valence-electron chi connectivity index (χ4n) is 4.47. The van der Waals surface area contributed by atoms with Crippen LogP contribution in [0, 0.1) is 5.41 Å². The number of hydrogen-bond donors (Lipinski definition) is 3. The molecule has 35 heavy (non-hydrogen) atoms. The van der Waals surface area contributed by atoms with Gasteiger partial charge >= 0.3 is 12.1 Å². The average Bonchev–Trinajstić information content (AvgIpc) is 3.55. The fourth-order valence-corrected chi connectivity index (χ4v) is 5.15. The molecule has 0 radical (unpaired) electrons. The van der Waals surface area contributed by atoms with Crippen LogP contribution in [0.2, 0.25) is 0 Å². The Hall–Kier alpha value is -3.76. The van der Waals surface area contributed by atoms with Gasteiger partial charge in [-0.25, -0.2) is 9.78 Å². The largest absolute Gasteiger partial charge is 0.481 e. The zero-order valence-corrected chi connectivity index (χ0v) is 19.6. The number of nitrogens with zero attached hydrogens (tertiary/aromatic N) is 1. The second kappa shape index (κ2) is 9.12. The molecule has 9 nitrogen and oxygen atoms in total. The van der Waals surface area contributed by atoms with Crippen LogP contribution in [0.15, 0.2) is 53.9 Å². The molecular formula is C25H23N3O6S. The third-order valence-corrected chi connectivity index (χ3v) is 7.30. The summed E-state index contributed by atoms with van der Waals surface area (Å²) < 4.78 is 10.8. The number of nitrogens with one attached hydrogen (secondary N) is 2. The summed E-state index contributed by atoms with van der Waals surface area (Å²) in [5, 5.41) is 16.4. The second-order valence-corrected chi connectivity index (χ2v) is 9.61. The van der Waals surface area contributed by atoms with Gasteiger partial charge in [0.15, 0.2) is 5.13 Å². The molecular weight excluding hydrogens is 470 g/mol. The number of hydrogen-bond acceptors (Lipinski definition) is 7. The summed E-state index contributed by atoms with van der Waals surface area (Å²) in [5.74, 6) is -1.65. The Kier molecular flexibility index (Phi) is 6.00. The maximum Gasteiger partial charge on any atom is 0.413 e. The number of anilines is 1. The van der Waals surface area contributed by atoms with E-state index >= 15 is 0 Å². The molecule has 10 heteroatoms. The van der Waals surface area contributed by atoms with Crippen LogP contribution >= 0.6 is 11.3 Å². The van der Waals surface area contributed by atoms with Crippen LogP contribution in [0.5, 0.6) is 0 Å². The Bertz CT molecular complexity index is 1260. The monoisotopic (exact) mass is 493 g/mol. The van der Waals surface area contributed by atoms with Crippen LogP contribution in [-0.4, -0.2) is 53.9 Å². The lowest BCUT2D eigenvalue weighted by Gasteiger charge is -2.25. The van der Waals surface area contributed by atoms with E-state index in [1.807, 2.05) is 36.4 Å². The van der Waals surface area contributed by atoms with Crippen LogP contribution in [0.3, 0.4) is 0 Å². The van der Waals surface area contributed by atoms with Gasteiger partial charge in [0.1, 0.15) is 17.7 Å². The van der Waals surface area contributed by atoms with Crippen molar-refractivity contribution in [2.24, 2.45) is 5.41 Å². The number of benzene rings is 2. The van der Waals surface area contributed by atoms with Gasteiger partial charge in [0.2, 0.25) is 0 Å². The van der Waals surface area contributed by atoms with Crippen LogP contribution in [-0.2, 0) is 14.3 Å². The quantitative estimate of drug-likeness (QED) is 0.478. The minimum atomic E-state index is -1.21. The van der Waals surface area contributed by atoms with E-state index in [9.17, 15) is 19.5 Å². The molecule has 2 aromatic carbocycles. The number of carbonyl (C=O) groups excluding carboxylic acids is 2. The molecule has 1 aromatic heterocycles. The van der Waals surface area contributed by atoms with Gasteiger partial charge in [-0.15, -0.1) is 11.3 Å². The maximum absolute atomic E-state index is 12.6. The molecule has 2 heterocycles. The molecule has 1 fully saturated rings. The summed E-state index contributed by atoms with van der Waals surface area (Å²) in [5.41, 5.74) is 3.36. The van der Waals surface area contributed by atoms with E-state index in [1.165, 1.54) is 12.3 Å². The predicted molar refractivity (Wildman–Crippen MR) is 129 cm³/mol. The van der Waals surface area contributed by atoms with Crippen molar-refractivity contribution in [2.75, 3.05) is 25.1 Å². The van der Waals surface area contributed by atoms with Gasteiger partial charge < -0.3 is 19.9 Å². The van der Waals surface area contributed by atoms with Gasteiger partial charge in [-0.05, 0) is 29.2 Å². The lowest BCUT2D eigenvalue weighted by Crippen LogP contribution is -2.49. The van der Waals surface area contributed by atoms with E-state index in [0.717, 1.165) is 33.6 Å². The van der Waals surface area contributed by atoms with Crippen LogP contribution < -0.4 is 10.6 Å². The molecule has 0 saturated carbocycles. The minimum absolute atomic E-state index is 0.0128. The lowest BCUT2D eigenvalue weighted by molar-refractivity contribution is -0.148. The number of carboxylic acids is 1. The Morgan fingerprint density at radius 3 is 2.46 bits per heavy atom. The topological polar surface area (TPSA) is 127 Å². The van der Waals surface area contributed by atoms with E-state index in [-0.39, 0.29) is 36.6 Å². The first-order chi connectivity index (χ1) is 16.9. The van der Waals surface area contributed by atoms with Gasteiger partial charge in [-0.3, -0.25) is 14.9 Å². The number of aliphatic carboxylic acids is 1. The van der Waals surface area contributed by atoms with Gasteiger partial charge in [0.05, 0.1) is 19.3 Å². The normalized spacial score (nSPS) is 20.7. The SMILES string of the molecule is CC1(C(=O)O)COCC1NC(=O)c1csc(NC(=O)OCC2c3ccccc3-c3ccccc32)n1. The first kappa shape index (κ1) is 23.0. The zero-order chi connectivity index (χ0) is 24.6. The van der Waals surface area contributed by atoms with Gasteiger partial charge in [-0.1, -0.05) is 48.5 Å². The van der Waals surface area contributed by atoms with Crippen molar-refractivity contribution in [1.82, 2.24) is 10.3 Å². The van der Waals surface area contributed by atoms with Gasteiger partial charge in [0.25, 0.3) is 5.91 Å². The molecule has 2 aliphatic rings. The number of carboxylic acid groups (broad SMARTS) is 1. The van der Waals surface area contributed by atoms with Crippen LogP contribution in [0.25, 0.3) is 11.1 Å². The maximum atomic E-state index is 12.6. The summed E-state index contributed by atoms with van der Waals surface area (Å²) in [6, 6.07) is 15.4. The molecule has 180 valence electrons. The van der Waals surface area contributed by atoms with Crippen molar-refractivity contribution in [3.05, 3.63) is 70.7 Å². The molecule has 1 saturated heterocycles. The van der Waals surface area contributed by atoms with Crippen molar-refractivity contribution in [3.8, 4) is 11.1 Å². The van der Waals surface area contributed by atoms with E-state index in [1.54, 1.807) is 0 Å². The average molecular weight is 494 g/mol.